The van der Waals surface area contributed by atoms with Crippen molar-refractivity contribution in [2.24, 2.45) is 11.8 Å². The summed E-state index contributed by atoms with van der Waals surface area (Å²) in [6, 6.07) is 0. The monoisotopic (exact) mass is 200 g/mol. The lowest BCUT2D eigenvalue weighted by Crippen LogP contribution is -2.24. The minimum absolute atomic E-state index is 0.0372. The number of esters is 2. The smallest absolute Gasteiger partial charge is 0.311 e. The molecule has 0 radical (unpaired) electrons. The normalized spacial score (nSPS) is 17.7. The van der Waals surface area contributed by atoms with E-state index in [9.17, 15) is 9.59 Å². The van der Waals surface area contributed by atoms with Gasteiger partial charge < -0.3 is 9.47 Å². The molecule has 0 aromatic heterocycles. The predicted molar refractivity (Wildman–Crippen MR) is 49.2 cm³/mol. The maximum Gasteiger partial charge on any atom is 0.311 e. The van der Waals surface area contributed by atoms with Crippen molar-refractivity contribution >= 4 is 11.9 Å². The highest BCUT2D eigenvalue weighted by atomic mass is 16.7. The van der Waals surface area contributed by atoms with Gasteiger partial charge in [0.1, 0.15) is 0 Å². The van der Waals surface area contributed by atoms with Crippen molar-refractivity contribution in [3.8, 4) is 0 Å². The molecule has 0 aliphatic heterocycles. The van der Waals surface area contributed by atoms with E-state index in [0.717, 1.165) is 12.8 Å². The maximum absolute atomic E-state index is 11.2. The predicted octanol–water partition coefficient (Wildman–Crippen LogP) is 1.48. The zero-order valence-corrected chi connectivity index (χ0v) is 8.78. The summed E-state index contributed by atoms with van der Waals surface area (Å²) in [6.45, 7) is 5.02. The first-order valence-electron chi connectivity index (χ1n) is 4.91. The Kier molecular flexibility index (Phi) is 3.49. The number of hydrogen-bond donors (Lipinski definition) is 0. The van der Waals surface area contributed by atoms with Crippen LogP contribution in [0.5, 0.6) is 0 Å². The fraction of sp³-hybridized carbons (Fsp3) is 0.800. The highest BCUT2D eigenvalue weighted by Crippen LogP contribution is 2.30. The fourth-order valence-corrected chi connectivity index (χ4v) is 0.903. The molecule has 0 aromatic carbocycles. The zero-order chi connectivity index (χ0) is 10.7. The first-order valence-corrected chi connectivity index (χ1v) is 4.91. The second-order valence-corrected chi connectivity index (χ2v) is 3.87. The molecule has 1 unspecified atom stereocenters. The van der Waals surface area contributed by atoms with Crippen LogP contribution >= 0.6 is 0 Å². The highest BCUT2D eigenvalue weighted by Gasteiger charge is 2.32. The minimum Gasteiger partial charge on any atom is -0.425 e. The van der Waals surface area contributed by atoms with E-state index >= 15 is 0 Å². The van der Waals surface area contributed by atoms with Crippen molar-refractivity contribution in [1.29, 1.82) is 0 Å². The van der Waals surface area contributed by atoms with Gasteiger partial charge in [-0.25, -0.2) is 0 Å². The molecule has 4 nitrogen and oxygen atoms in total. The molecule has 1 aliphatic carbocycles. The molecular weight excluding hydrogens is 184 g/mol. The molecule has 0 spiro atoms. The molecule has 1 atom stereocenters. The topological polar surface area (TPSA) is 52.6 Å². The van der Waals surface area contributed by atoms with E-state index < -0.39 is 6.29 Å². The molecule has 14 heavy (non-hydrogen) atoms. The largest absolute Gasteiger partial charge is 0.425 e. The van der Waals surface area contributed by atoms with Crippen LogP contribution < -0.4 is 0 Å². The Morgan fingerprint density at radius 1 is 1.14 bits per heavy atom. The SMILES string of the molecule is CC(OC(=O)C(C)C)OC(=O)C1CC1. The molecule has 1 saturated carbocycles. The van der Waals surface area contributed by atoms with Crippen molar-refractivity contribution in [2.75, 3.05) is 0 Å². The average molecular weight is 200 g/mol. The van der Waals surface area contributed by atoms with Gasteiger partial charge in [-0.3, -0.25) is 9.59 Å². The van der Waals surface area contributed by atoms with Crippen LogP contribution in [0.15, 0.2) is 0 Å². The van der Waals surface area contributed by atoms with E-state index in [1.165, 1.54) is 0 Å². The van der Waals surface area contributed by atoms with E-state index in [1.54, 1.807) is 20.8 Å². The molecule has 1 fully saturated rings. The van der Waals surface area contributed by atoms with E-state index in [0.29, 0.717) is 0 Å². The third-order valence-electron chi connectivity index (χ3n) is 1.95. The summed E-state index contributed by atoms with van der Waals surface area (Å²) < 4.78 is 9.79. The molecule has 4 heteroatoms. The lowest BCUT2D eigenvalue weighted by atomic mass is 10.2. The molecule has 1 rings (SSSR count). The van der Waals surface area contributed by atoms with Gasteiger partial charge in [-0.15, -0.1) is 0 Å². The Morgan fingerprint density at radius 3 is 2.14 bits per heavy atom. The number of hydrogen-bond acceptors (Lipinski definition) is 4. The second kappa shape index (κ2) is 4.44. The standard InChI is InChI=1S/C10H16O4/c1-6(2)9(11)13-7(3)14-10(12)8-4-5-8/h6-8H,4-5H2,1-3H3. The van der Waals surface area contributed by atoms with Crippen molar-refractivity contribution in [3.05, 3.63) is 0 Å². The summed E-state index contributed by atoms with van der Waals surface area (Å²) in [5.74, 6) is -0.762. The van der Waals surface area contributed by atoms with Crippen LogP contribution in [-0.4, -0.2) is 18.2 Å². The molecule has 0 bridgehead atoms. The summed E-state index contributed by atoms with van der Waals surface area (Å²) in [7, 11) is 0. The van der Waals surface area contributed by atoms with Gasteiger partial charge in [0.2, 0.25) is 6.29 Å². The van der Waals surface area contributed by atoms with Crippen LogP contribution in [0.1, 0.15) is 33.6 Å². The van der Waals surface area contributed by atoms with E-state index in [4.69, 9.17) is 9.47 Å². The summed E-state index contributed by atoms with van der Waals surface area (Å²) in [5, 5.41) is 0. The number of carbonyl (C=O) groups is 2. The average Bonchev–Trinajstić information content (AvgIpc) is 2.85. The second-order valence-electron chi connectivity index (χ2n) is 3.87. The minimum atomic E-state index is -0.766. The Balaban J connectivity index is 2.23. The number of ether oxygens (including phenoxy) is 2. The van der Waals surface area contributed by atoms with Gasteiger partial charge in [0, 0.05) is 6.92 Å². The Bertz CT molecular complexity index is 214. The fourth-order valence-electron chi connectivity index (χ4n) is 0.903. The Morgan fingerprint density at radius 2 is 1.71 bits per heavy atom. The zero-order valence-electron chi connectivity index (χ0n) is 8.78. The molecule has 80 valence electrons. The van der Waals surface area contributed by atoms with Crippen LogP contribution in [0, 0.1) is 11.8 Å². The molecule has 0 N–H and O–H groups in total. The number of carbonyl (C=O) groups excluding carboxylic acids is 2. The van der Waals surface area contributed by atoms with Gasteiger partial charge in [-0.05, 0) is 12.8 Å². The summed E-state index contributed by atoms with van der Waals surface area (Å²) in [4.78, 5) is 22.3. The third-order valence-corrected chi connectivity index (χ3v) is 1.95. The third kappa shape index (κ3) is 3.36. The molecule has 1 aliphatic rings. The van der Waals surface area contributed by atoms with Crippen molar-refractivity contribution < 1.29 is 19.1 Å². The highest BCUT2D eigenvalue weighted by molar-refractivity contribution is 5.75. The van der Waals surface area contributed by atoms with Crippen LogP contribution in [0.2, 0.25) is 0 Å². The van der Waals surface area contributed by atoms with Gasteiger partial charge in [0.25, 0.3) is 0 Å². The van der Waals surface area contributed by atoms with Crippen LogP contribution in [0.4, 0.5) is 0 Å². The van der Waals surface area contributed by atoms with E-state index in [1.807, 2.05) is 0 Å². The Labute approximate surface area is 83.6 Å². The molecule has 0 amide bonds. The van der Waals surface area contributed by atoms with Crippen molar-refractivity contribution in [2.45, 2.75) is 39.9 Å². The summed E-state index contributed by atoms with van der Waals surface area (Å²) in [6.07, 6.45) is 1.02. The van der Waals surface area contributed by atoms with Gasteiger partial charge in [0.15, 0.2) is 0 Å². The maximum atomic E-state index is 11.2. The molecule has 0 saturated heterocycles. The van der Waals surface area contributed by atoms with Crippen LogP contribution in [0.25, 0.3) is 0 Å². The first-order chi connectivity index (χ1) is 6.50. The quantitative estimate of drug-likeness (QED) is 0.509. The van der Waals surface area contributed by atoms with Crippen molar-refractivity contribution in [1.82, 2.24) is 0 Å². The van der Waals surface area contributed by atoms with Crippen LogP contribution in [0.3, 0.4) is 0 Å². The molecular formula is C10H16O4. The van der Waals surface area contributed by atoms with Crippen molar-refractivity contribution in [3.63, 3.8) is 0 Å². The van der Waals surface area contributed by atoms with E-state index in [2.05, 4.69) is 0 Å². The lowest BCUT2D eigenvalue weighted by Gasteiger charge is -2.15. The molecule has 0 aromatic rings. The summed E-state index contributed by atoms with van der Waals surface area (Å²) >= 11 is 0. The van der Waals surface area contributed by atoms with Gasteiger partial charge >= 0.3 is 11.9 Å². The van der Waals surface area contributed by atoms with Gasteiger partial charge in [-0.2, -0.15) is 0 Å². The summed E-state index contributed by atoms with van der Waals surface area (Å²) in [5.41, 5.74) is 0. The van der Waals surface area contributed by atoms with Crippen LogP contribution in [-0.2, 0) is 19.1 Å². The Hall–Kier alpha value is -1.06. The van der Waals surface area contributed by atoms with Gasteiger partial charge in [-0.1, -0.05) is 13.8 Å². The first kappa shape index (κ1) is 11.0. The number of rotatable bonds is 4. The van der Waals surface area contributed by atoms with Gasteiger partial charge in [0.05, 0.1) is 11.8 Å². The van der Waals surface area contributed by atoms with E-state index in [-0.39, 0.29) is 23.8 Å². The lowest BCUT2D eigenvalue weighted by molar-refractivity contribution is -0.187. The molecule has 0 heterocycles.